The van der Waals surface area contributed by atoms with Crippen LogP contribution in [0.2, 0.25) is 0 Å². The Bertz CT molecular complexity index is 602. The molecule has 84 valence electrons. The smallest absolute Gasteiger partial charge is 0.398 e. The molecule has 0 saturated heterocycles. The van der Waals surface area contributed by atoms with E-state index >= 15 is 0 Å². The van der Waals surface area contributed by atoms with E-state index in [9.17, 15) is 22.4 Å². The first kappa shape index (κ1) is 10.6. The summed E-state index contributed by atoms with van der Waals surface area (Å²) in [7, 11) is 0. The Morgan fingerprint density at radius 3 is 2.56 bits per heavy atom. The van der Waals surface area contributed by atoms with E-state index in [0.29, 0.717) is 0 Å². The number of benzene rings is 1. The fraction of sp³-hybridized carbons (Fsp3) is 0.111. The Morgan fingerprint density at radius 1 is 1.25 bits per heavy atom. The zero-order valence-electron chi connectivity index (χ0n) is 7.51. The van der Waals surface area contributed by atoms with E-state index < -0.39 is 29.0 Å². The molecule has 16 heavy (non-hydrogen) atoms. The van der Waals surface area contributed by atoms with E-state index in [4.69, 9.17) is 0 Å². The number of nitrogens with zero attached hydrogens (tertiary/aromatic N) is 1. The van der Waals surface area contributed by atoms with Crippen LogP contribution in [0.5, 0.6) is 0 Å². The van der Waals surface area contributed by atoms with Gasteiger partial charge in [0, 0.05) is 0 Å². The molecule has 0 radical (unpaired) electrons. The van der Waals surface area contributed by atoms with Crippen LogP contribution < -0.4 is 5.63 Å². The Hall–Kier alpha value is -1.92. The highest BCUT2D eigenvalue weighted by Crippen LogP contribution is 2.27. The molecular weight excluding hydrogens is 230 g/mol. The predicted octanol–water partition coefficient (Wildman–Crippen LogP) is 2.35. The quantitative estimate of drug-likeness (QED) is 0.656. The van der Waals surface area contributed by atoms with Crippen LogP contribution >= 0.6 is 0 Å². The topological polar surface area (TPSA) is 43.1 Å². The average Bonchev–Trinajstić information content (AvgIpc) is 2.18. The number of halogens is 4. The van der Waals surface area contributed by atoms with Gasteiger partial charge in [0.1, 0.15) is 11.3 Å². The fourth-order valence-electron chi connectivity index (χ4n) is 1.18. The van der Waals surface area contributed by atoms with Crippen molar-refractivity contribution in [2.45, 2.75) is 6.18 Å². The number of hydrogen-bond donors (Lipinski definition) is 0. The average molecular weight is 233 g/mol. The summed E-state index contributed by atoms with van der Waals surface area (Å²) in [6, 6.07) is 3.23. The minimum atomic E-state index is -4.92. The Morgan fingerprint density at radius 2 is 1.94 bits per heavy atom. The monoisotopic (exact) mass is 233 g/mol. The van der Waals surface area contributed by atoms with E-state index in [-0.39, 0.29) is 5.39 Å². The van der Waals surface area contributed by atoms with Gasteiger partial charge in [0.2, 0.25) is 0 Å². The van der Waals surface area contributed by atoms with Gasteiger partial charge in [0.25, 0.3) is 0 Å². The van der Waals surface area contributed by atoms with Crippen LogP contribution in [0.4, 0.5) is 17.6 Å². The third kappa shape index (κ3) is 1.64. The molecule has 0 aliphatic rings. The van der Waals surface area contributed by atoms with E-state index in [1.807, 2.05) is 0 Å². The third-order valence-corrected chi connectivity index (χ3v) is 1.85. The lowest BCUT2D eigenvalue weighted by atomic mass is 10.2. The minimum absolute atomic E-state index is 0.326. The summed E-state index contributed by atoms with van der Waals surface area (Å²) in [5.41, 5.74) is -1.91. The molecule has 0 bridgehead atoms. The SMILES string of the molecule is O=c1oc(C(F)(F)F)nc2c(F)cccc12. The second-order valence-electron chi connectivity index (χ2n) is 2.94. The van der Waals surface area contributed by atoms with Crippen LogP contribution in [-0.4, -0.2) is 4.98 Å². The number of rotatable bonds is 0. The van der Waals surface area contributed by atoms with Crippen molar-refractivity contribution in [3.63, 3.8) is 0 Å². The number of alkyl halides is 3. The maximum atomic E-state index is 13.1. The van der Waals surface area contributed by atoms with Crippen molar-refractivity contribution < 1.29 is 22.0 Å². The minimum Gasteiger partial charge on any atom is -0.398 e. The maximum absolute atomic E-state index is 13.1. The highest BCUT2D eigenvalue weighted by atomic mass is 19.4. The first-order valence-electron chi connectivity index (χ1n) is 4.06. The van der Waals surface area contributed by atoms with Gasteiger partial charge in [-0.3, -0.25) is 0 Å². The number of aromatic nitrogens is 1. The standard InChI is InChI=1S/C9H3F4NO2/c10-5-3-1-2-4-6(5)14-8(9(11,12)13)16-7(4)15/h1-3H. The highest BCUT2D eigenvalue weighted by molar-refractivity contribution is 5.77. The molecule has 1 aromatic heterocycles. The lowest BCUT2D eigenvalue weighted by Gasteiger charge is -2.04. The van der Waals surface area contributed by atoms with Crippen molar-refractivity contribution in [2.75, 3.05) is 0 Å². The number of hydrogen-bond acceptors (Lipinski definition) is 3. The van der Waals surface area contributed by atoms with Crippen LogP contribution in [0.1, 0.15) is 5.89 Å². The van der Waals surface area contributed by atoms with Gasteiger partial charge in [0.15, 0.2) is 0 Å². The molecule has 2 aromatic rings. The van der Waals surface area contributed by atoms with E-state index in [1.54, 1.807) is 0 Å². The number of fused-ring (bicyclic) bond motifs is 1. The summed E-state index contributed by atoms with van der Waals surface area (Å²) >= 11 is 0. The maximum Gasteiger partial charge on any atom is 0.469 e. The van der Waals surface area contributed by atoms with Gasteiger partial charge in [-0.05, 0) is 12.1 Å². The van der Waals surface area contributed by atoms with Gasteiger partial charge < -0.3 is 4.42 Å². The zero-order chi connectivity index (χ0) is 11.9. The van der Waals surface area contributed by atoms with Crippen LogP contribution in [0.25, 0.3) is 10.9 Å². The van der Waals surface area contributed by atoms with Gasteiger partial charge in [-0.15, -0.1) is 0 Å². The van der Waals surface area contributed by atoms with Gasteiger partial charge in [-0.1, -0.05) is 6.07 Å². The fourth-order valence-corrected chi connectivity index (χ4v) is 1.18. The normalized spacial score (nSPS) is 12.0. The van der Waals surface area contributed by atoms with Gasteiger partial charge in [-0.2, -0.15) is 13.2 Å². The van der Waals surface area contributed by atoms with Crippen molar-refractivity contribution in [3.8, 4) is 0 Å². The molecule has 1 aromatic carbocycles. The Kier molecular flexibility index (Phi) is 2.18. The number of para-hydroxylation sites is 1. The molecule has 2 rings (SSSR count). The van der Waals surface area contributed by atoms with Crippen LogP contribution in [-0.2, 0) is 6.18 Å². The van der Waals surface area contributed by atoms with Gasteiger partial charge >= 0.3 is 17.7 Å². The molecular formula is C9H3F4NO2. The van der Waals surface area contributed by atoms with Crippen molar-refractivity contribution >= 4 is 10.9 Å². The van der Waals surface area contributed by atoms with Crippen molar-refractivity contribution in [1.29, 1.82) is 0 Å². The summed E-state index contributed by atoms with van der Waals surface area (Å²) in [4.78, 5) is 14.1. The molecule has 0 unspecified atom stereocenters. The molecule has 0 aliphatic heterocycles. The lowest BCUT2D eigenvalue weighted by molar-refractivity contribution is -0.158. The van der Waals surface area contributed by atoms with Gasteiger partial charge in [-0.25, -0.2) is 14.2 Å². The Balaban J connectivity index is 2.86. The first-order chi connectivity index (χ1) is 7.39. The second kappa shape index (κ2) is 3.29. The molecule has 3 nitrogen and oxygen atoms in total. The van der Waals surface area contributed by atoms with Crippen molar-refractivity contribution in [1.82, 2.24) is 4.98 Å². The third-order valence-electron chi connectivity index (χ3n) is 1.85. The molecule has 7 heteroatoms. The molecule has 0 saturated carbocycles. The summed E-state index contributed by atoms with van der Waals surface area (Å²) in [6.45, 7) is 0. The van der Waals surface area contributed by atoms with Crippen LogP contribution in [0.3, 0.4) is 0 Å². The molecule has 0 N–H and O–H groups in total. The van der Waals surface area contributed by atoms with Crippen LogP contribution in [0.15, 0.2) is 27.4 Å². The van der Waals surface area contributed by atoms with E-state index in [0.717, 1.165) is 12.1 Å². The molecule has 0 spiro atoms. The largest absolute Gasteiger partial charge is 0.469 e. The van der Waals surface area contributed by atoms with Gasteiger partial charge in [0.05, 0.1) is 5.39 Å². The molecule has 0 atom stereocenters. The first-order valence-corrected chi connectivity index (χ1v) is 4.06. The summed E-state index contributed by atoms with van der Waals surface area (Å²) < 4.78 is 53.7. The Labute approximate surface area is 85.3 Å². The molecule has 0 amide bonds. The predicted molar refractivity (Wildman–Crippen MR) is 45.2 cm³/mol. The van der Waals surface area contributed by atoms with Crippen LogP contribution in [0, 0.1) is 5.82 Å². The summed E-state index contributed by atoms with van der Waals surface area (Å²) in [5, 5.41) is -0.326. The molecule has 0 fully saturated rings. The second-order valence-corrected chi connectivity index (χ2v) is 2.94. The summed E-state index contributed by atoms with van der Waals surface area (Å²) in [6.07, 6.45) is -4.92. The lowest BCUT2D eigenvalue weighted by Crippen LogP contribution is -2.14. The molecule has 0 aliphatic carbocycles. The van der Waals surface area contributed by atoms with E-state index in [1.165, 1.54) is 6.07 Å². The summed E-state index contributed by atoms with van der Waals surface area (Å²) in [5.74, 6) is -2.76. The van der Waals surface area contributed by atoms with Crippen molar-refractivity contribution in [3.05, 3.63) is 40.3 Å². The van der Waals surface area contributed by atoms with Crippen molar-refractivity contribution in [2.24, 2.45) is 0 Å². The molecule has 1 heterocycles. The van der Waals surface area contributed by atoms with E-state index in [2.05, 4.69) is 9.40 Å². The highest BCUT2D eigenvalue weighted by Gasteiger charge is 2.37. The zero-order valence-corrected chi connectivity index (χ0v) is 7.51.